The van der Waals surface area contributed by atoms with E-state index in [2.05, 4.69) is 17.2 Å². The van der Waals surface area contributed by atoms with Crippen LogP contribution >= 0.6 is 11.3 Å². The number of rotatable bonds is 4. The fourth-order valence-electron chi connectivity index (χ4n) is 4.11. The molecule has 0 saturated carbocycles. The largest absolute Gasteiger partial charge is 0.298 e. The average Bonchev–Trinajstić information content (AvgIpc) is 3.09. The molecule has 2 aliphatic rings. The van der Waals surface area contributed by atoms with Gasteiger partial charge in [0.15, 0.2) is 5.13 Å². The minimum Gasteiger partial charge on any atom is -0.298 e. The van der Waals surface area contributed by atoms with Crippen molar-refractivity contribution < 1.29 is 13.2 Å². The van der Waals surface area contributed by atoms with Gasteiger partial charge < -0.3 is 0 Å². The molecular weight excluding hydrogens is 406 g/mol. The first kappa shape index (κ1) is 20.5. The summed E-state index contributed by atoms with van der Waals surface area (Å²) in [5.41, 5.74) is 1.53. The number of anilines is 1. The standard InChI is InChI=1S/C21H27N3O3S2/c1-14-6-11-18-19(13-14)28-21(22-18)23-20(25)16-7-9-17(10-8-16)29(26,27)24-12-4-3-5-15(24)2/h7-10,14-15H,3-6,11-13H2,1-2H3,(H,22,23,25). The number of nitrogens with zero attached hydrogens (tertiary/aromatic N) is 2. The van der Waals surface area contributed by atoms with Crippen LogP contribution in [0.15, 0.2) is 29.2 Å². The van der Waals surface area contributed by atoms with Crippen LogP contribution in [-0.2, 0) is 22.9 Å². The summed E-state index contributed by atoms with van der Waals surface area (Å²) in [4.78, 5) is 18.7. The average molecular weight is 434 g/mol. The Bertz CT molecular complexity index is 999. The topological polar surface area (TPSA) is 79.4 Å². The number of aromatic nitrogens is 1. The Morgan fingerprint density at radius 1 is 1.17 bits per heavy atom. The molecule has 2 unspecified atom stereocenters. The number of amides is 1. The van der Waals surface area contributed by atoms with E-state index in [1.165, 1.54) is 17.0 Å². The molecule has 156 valence electrons. The zero-order valence-corrected chi connectivity index (χ0v) is 18.5. The fraction of sp³-hybridized carbons (Fsp3) is 0.524. The lowest BCUT2D eigenvalue weighted by Crippen LogP contribution is -2.41. The molecule has 1 saturated heterocycles. The summed E-state index contributed by atoms with van der Waals surface area (Å²) in [5, 5.41) is 3.49. The van der Waals surface area contributed by atoms with Gasteiger partial charge in [-0.1, -0.05) is 13.3 Å². The number of carbonyl (C=O) groups excluding carboxylic acids is 1. The van der Waals surface area contributed by atoms with Gasteiger partial charge in [-0.05, 0) is 69.2 Å². The molecule has 2 atom stereocenters. The molecule has 0 bridgehead atoms. The molecule has 6 nitrogen and oxygen atoms in total. The number of sulfonamides is 1. The van der Waals surface area contributed by atoms with Gasteiger partial charge in [-0.2, -0.15) is 4.31 Å². The molecule has 0 radical (unpaired) electrons. The molecule has 29 heavy (non-hydrogen) atoms. The lowest BCUT2D eigenvalue weighted by Gasteiger charge is -2.32. The summed E-state index contributed by atoms with van der Waals surface area (Å²) in [6, 6.07) is 6.22. The number of carbonyl (C=O) groups is 1. The zero-order valence-electron chi connectivity index (χ0n) is 16.8. The van der Waals surface area contributed by atoms with Crippen molar-refractivity contribution in [1.29, 1.82) is 0 Å². The molecule has 1 aromatic heterocycles. The van der Waals surface area contributed by atoms with Crippen molar-refractivity contribution >= 4 is 32.4 Å². The van der Waals surface area contributed by atoms with E-state index in [1.54, 1.807) is 27.8 Å². The van der Waals surface area contributed by atoms with E-state index in [9.17, 15) is 13.2 Å². The van der Waals surface area contributed by atoms with Crippen molar-refractivity contribution in [2.75, 3.05) is 11.9 Å². The molecule has 0 spiro atoms. The quantitative estimate of drug-likeness (QED) is 0.788. The highest BCUT2D eigenvalue weighted by Gasteiger charge is 2.31. The third kappa shape index (κ3) is 4.25. The lowest BCUT2D eigenvalue weighted by atomic mass is 9.93. The highest BCUT2D eigenvalue weighted by molar-refractivity contribution is 7.89. The van der Waals surface area contributed by atoms with E-state index in [-0.39, 0.29) is 16.8 Å². The minimum atomic E-state index is -3.53. The van der Waals surface area contributed by atoms with E-state index < -0.39 is 10.0 Å². The van der Waals surface area contributed by atoms with Crippen LogP contribution in [-0.4, -0.2) is 36.2 Å². The molecule has 1 aliphatic heterocycles. The van der Waals surface area contributed by atoms with Crippen LogP contribution in [0.5, 0.6) is 0 Å². The number of nitrogens with one attached hydrogen (secondary N) is 1. The van der Waals surface area contributed by atoms with Gasteiger partial charge in [0.1, 0.15) is 0 Å². The number of piperidine rings is 1. The Hall–Kier alpha value is -1.77. The van der Waals surface area contributed by atoms with E-state index in [1.807, 2.05) is 6.92 Å². The molecule has 1 N–H and O–H groups in total. The first-order valence-electron chi connectivity index (χ1n) is 10.3. The molecular formula is C21H27N3O3S2. The van der Waals surface area contributed by atoms with E-state index in [0.29, 0.717) is 23.2 Å². The minimum absolute atomic E-state index is 0.00961. The van der Waals surface area contributed by atoms with Gasteiger partial charge in [0, 0.05) is 23.0 Å². The van der Waals surface area contributed by atoms with Crippen molar-refractivity contribution in [1.82, 2.24) is 9.29 Å². The van der Waals surface area contributed by atoms with Gasteiger partial charge in [0.2, 0.25) is 10.0 Å². The number of fused-ring (bicyclic) bond motifs is 1. The lowest BCUT2D eigenvalue weighted by molar-refractivity contribution is 0.102. The molecule has 2 aromatic rings. The van der Waals surface area contributed by atoms with Gasteiger partial charge in [0.05, 0.1) is 10.6 Å². The smallest absolute Gasteiger partial charge is 0.257 e. The number of aryl methyl sites for hydroxylation is 1. The normalized spacial score (nSPS) is 22.8. The summed E-state index contributed by atoms with van der Waals surface area (Å²) in [6.07, 6.45) is 5.95. The number of thiazole rings is 1. The van der Waals surface area contributed by atoms with Crippen LogP contribution < -0.4 is 5.32 Å². The van der Waals surface area contributed by atoms with Crippen molar-refractivity contribution in [3.63, 3.8) is 0 Å². The second kappa shape index (κ2) is 8.16. The van der Waals surface area contributed by atoms with Crippen LogP contribution in [0.25, 0.3) is 0 Å². The summed E-state index contributed by atoms with van der Waals surface area (Å²) < 4.78 is 27.4. The van der Waals surface area contributed by atoms with E-state index in [0.717, 1.165) is 44.2 Å². The molecule has 2 heterocycles. The first-order valence-corrected chi connectivity index (χ1v) is 12.5. The predicted molar refractivity (Wildman–Crippen MR) is 115 cm³/mol. The molecule has 4 rings (SSSR count). The van der Waals surface area contributed by atoms with Gasteiger partial charge in [0.25, 0.3) is 5.91 Å². The molecule has 1 fully saturated rings. The summed E-state index contributed by atoms with van der Waals surface area (Å²) in [6.45, 7) is 4.74. The SMILES string of the molecule is CC1CCc2nc(NC(=O)c3ccc(S(=O)(=O)N4CCCCC4C)cc3)sc2C1. The molecule has 1 amide bonds. The summed E-state index contributed by atoms with van der Waals surface area (Å²) >= 11 is 1.54. The summed E-state index contributed by atoms with van der Waals surface area (Å²) in [5.74, 6) is 0.392. The first-order chi connectivity index (χ1) is 13.8. The fourth-order valence-corrected chi connectivity index (χ4v) is 6.97. The van der Waals surface area contributed by atoms with Crippen LogP contribution in [0.3, 0.4) is 0 Å². The van der Waals surface area contributed by atoms with E-state index in [4.69, 9.17) is 0 Å². The van der Waals surface area contributed by atoms with Crippen molar-refractivity contribution in [2.45, 2.75) is 63.3 Å². The monoisotopic (exact) mass is 433 g/mol. The predicted octanol–water partition coefficient (Wildman–Crippen LogP) is 4.08. The maximum atomic E-state index is 12.9. The van der Waals surface area contributed by atoms with Crippen molar-refractivity contribution in [3.05, 3.63) is 40.4 Å². The van der Waals surface area contributed by atoms with Gasteiger partial charge in [-0.25, -0.2) is 13.4 Å². The Balaban J connectivity index is 1.47. The van der Waals surface area contributed by atoms with Crippen LogP contribution in [0, 0.1) is 5.92 Å². The third-order valence-corrected chi connectivity index (χ3v) is 8.93. The highest BCUT2D eigenvalue weighted by Crippen LogP contribution is 2.32. The van der Waals surface area contributed by atoms with Crippen LogP contribution in [0.2, 0.25) is 0 Å². The van der Waals surface area contributed by atoms with Gasteiger partial charge >= 0.3 is 0 Å². The molecule has 1 aliphatic carbocycles. The second-order valence-corrected chi connectivity index (χ2v) is 11.2. The molecule has 1 aromatic carbocycles. The van der Waals surface area contributed by atoms with E-state index >= 15 is 0 Å². The molecule has 8 heteroatoms. The Labute approximate surface area is 176 Å². The van der Waals surface area contributed by atoms with Crippen LogP contribution in [0.1, 0.15) is 60.5 Å². The van der Waals surface area contributed by atoms with Crippen LogP contribution in [0.4, 0.5) is 5.13 Å². The third-order valence-electron chi connectivity index (χ3n) is 5.87. The number of hydrogen-bond donors (Lipinski definition) is 1. The Morgan fingerprint density at radius 3 is 2.66 bits per heavy atom. The van der Waals surface area contributed by atoms with Crippen molar-refractivity contribution in [2.24, 2.45) is 5.92 Å². The van der Waals surface area contributed by atoms with Gasteiger partial charge in [-0.15, -0.1) is 11.3 Å². The Morgan fingerprint density at radius 2 is 1.93 bits per heavy atom. The van der Waals surface area contributed by atoms with Gasteiger partial charge in [-0.3, -0.25) is 10.1 Å². The number of hydrogen-bond acceptors (Lipinski definition) is 5. The second-order valence-electron chi connectivity index (χ2n) is 8.18. The maximum Gasteiger partial charge on any atom is 0.257 e. The Kier molecular flexibility index (Phi) is 5.77. The summed E-state index contributed by atoms with van der Waals surface area (Å²) in [7, 11) is -3.53. The number of benzene rings is 1. The maximum absolute atomic E-state index is 12.9. The highest BCUT2D eigenvalue weighted by atomic mass is 32.2. The van der Waals surface area contributed by atoms with Crippen molar-refractivity contribution in [3.8, 4) is 0 Å². The zero-order chi connectivity index (χ0) is 20.6.